The van der Waals surface area contributed by atoms with Crippen LogP contribution in [0.5, 0.6) is 17.2 Å². The zero-order valence-corrected chi connectivity index (χ0v) is 14.9. The van der Waals surface area contributed by atoms with Gasteiger partial charge in [-0.1, -0.05) is 23.2 Å². The molecule has 0 spiro atoms. The number of ether oxygens (including phenoxy) is 3. The molecular formula is C18H15Cl2NO4. The molecule has 1 heterocycles. The Morgan fingerprint density at radius 2 is 1.92 bits per heavy atom. The molecule has 0 aliphatic carbocycles. The quantitative estimate of drug-likeness (QED) is 0.608. The van der Waals surface area contributed by atoms with Gasteiger partial charge in [-0.15, -0.1) is 0 Å². The standard InChI is InChI=1S/C18H15Cl2NO4/c1-23-12-4-2-11(3-5-12)21-7-6-14(22)16-17(20)13(19)10-15-18(16)25-9-8-24-15/h2-7,10,21H,8-9H2,1H3/b7-6+. The van der Waals surface area contributed by atoms with Gasteiger partial charge in [-0.25, -0.2) is 0 Å². The maximum absolute atomic E-state index is 12.6. The van der Waals surface area contributed by atoms with Gasteiger partial charge in [0.15, 0.2) is 17.3 Å². The number of benzene rings is 2. The van der Waals surface area contributed by atoms with Crippen molar-refractivity contribution in [2.24, 2.45) is 0 Å². The van der Waals surface area contributed by atoms with Crippen molar-refractivity contribution in [3.05, 3.63) is 58.2 Å². The van der Waals surface area contributed by atoms with Crippen LogP contribution >= 0.6 is 23.2 Å². The average Bonchev–Trinajstić information content (AvgIpc) is 2.63. The SMILES string of the molecule is COc1ccc(N/C=C/C(=O)c2c(Cl)c(Cl)cc3c2OCCO3)cc1. The molecule has 3 rings (SSSR count). The lowest BCUT2D eigenvalue weighted by Gasteiger charge is -2.21. The molecule has 0 amide bonds. The largest absolute Gasteiger partial charge is 0.497 e. The van der Waals surface area contributed by atoms with Crippen LogP contribution in [0, 0.1) is 0 Å². The Morgan fingerprint density at radius 1 is 1.20 bits per heavy atom. The van der Waals surface area contributed by atoms with E-state index < -0.39 is 0 Å². The molecule has 0 aromatic heterocycles. The van der Waals surface area contributed by atoms with Crippen LogP contribution in [0.4, 0.5) is 5.69 Å². The van der Waals surface area contributed by atoms with E-state index in [1.54, 1.807) is 13.2 Å². The van der Waals surface area contributed by atoms with E-state index in [1.807, 2.05) is 24.3 Å². The fourth-order valence-corrected chi connectivity index (χ4v) is 2.76. The molecule has 2 aromatic carbocycles. The van der Waals surface area contributed by atoms with Crippen molar-refractivity contribution in [2.75, 3.05) is 25.6 Å². The van der Waals surface area contributed by atoms with E-state index in [9.17, 15) is 4.79 Å². The molecule has 0 saturated heterocycles. The molecule has 0 saturated carbocycles. The molecule has 130 valence electrons. The van der Waals surface area contributed by atoms with E-state index in [4.69, 9.17) is 37.4 Å². The van der Waals surface area contributed by atoms with Crippen LogP contribution in [0.1, 0.15) is 10.4 Å². The number of hydrogen-bond donors (Lipinski definition) is 1. The highest BCUT2D eigenvalue weighted by Gasteiger charge is 2.25. The molecule has 1 aliphatic rings. The van der Waals surface area contributed by atoms with Crippen molar-refractivity contribution in [3.63, 3.8) is 0 Å². The van der Waals surface area contributed by atoms with Gasteiger partial charge in [-0.3, -0.25) is 4.79 Å². The van der Waals surface area contributed by atoms with Gasteiger partial charge in [0.1, 0.15) is 19.0 Å². The number of halogens is 2. The molecule has 5 nitrogen and oxygen atoms in total. The van der Waals surface area contributed by atoms with Crippen molar-refractivity contribution < 1.29 is 19.0 Å². The van der Waals surface area contributed by atoms with E-state index >= 15 is 0 Å². The van der Waals surface area contributed by atoms with Gasteiger partial charge in [0.05, 0.1) is 22.7 Å². The van der Waals surface area contributed by atoms with Crippen molar-refractivity contribution in [1.82, 2.24) is 0 Å². The predicted octanol–water partition coefficient (Wildman–Crippen LogP) is 4.58. The lowest BCUT2D eigenvalue weighted by molar-refractivity contribution is 0.103. The summed E-state index contributed by atoms with van der Waals surface area (Å²) in [6.07, 6.45) is 2.89. The minimum atomic E-state index is -0.338. The molecule has 1 aliphatic heterocycles. The first-order chi connectivity index (χ1) is 12.1. The van der Waals surface area contributed by atoms with Crippen molar-refractivity contribution in [3.8, 4) is 17.2 Å². The number of methoxy groups -OCH3 is 1. The van der Waals surface area contributed by atoms with Gasteiger partial charge >= 0.3 is 0 Å². The summed E-state index contributed by atoms with van der Waals surface area (Å²) in [5.41, 5.74) is 1.00. The first kappa shape index (κ1) is 17.5. The Kier molecular flexibility index (Phi) is 5.36. The van der Waals surface area contributed by atoms with Crippen molar-refractivity contribution in [2.45, 2.75) is 0 Å². The summed E-state index contributed by atoms with van der Waals surface area (Å²) < 4.78 is 16.1. The van der Waals surface area contributed by atoms with Crippen LogP contribution in [-0.4, -0.2) is 26.1 Å². The van der Waals surface area contributed by atoms with Crippen molar-refractivity contribution >= 4 is 34.7 Å². The lowest BCUT2D eigenvalue weighted by atomic mass is 10.1. The fourth-order valence-electron chi connectivity index (χ4n) is 2.34. The second-order valence-corrected chi connectivity index (χ2v) is 5.93. The van der Waals surface area contributed by atoms with Gasteiger partial charge in [0, 0.05) is 24.0 Å². The summed E-state index contributed by atoms with van der Waals surface area (Å²) in [6.45, 7) is 0.743. The van der Waals surface area contributed by atoms with Crippen LogP contribution in [0.2, 0.25) is 10.0 Å². The second kappa shape index (κ2) is 7.68. The third kappa shape index (κ3) is 3.83. The first-order valence-corrected chi connectivity index (χ1v) is 8.25. The summed E-state index contributed by atoms with van der Waals surface area (Å²) in [6, 6.07) is 8.84. The van der Waals surface area contributed by atoms with E-state index in [0.717, 1.165) is 11.4 Å². The van der Waals surface area contributed by atoms with Crippen molar-refractivity contribution in [1.29, 1.82) is 0 Å². The van der Waals surface area contributed by atoms with E-state index in [2.05, 4.69) is 5.32 Å². The monoisotopic (exact) mass is 379 g/mol. The topological polar surface area (TPSA) is 56.8 Å². The zero-order chi connectivity index (χ0) is 17.8. The van der Waals surface area contributed by atoms with Gasteiger partial charge in [-0.2, -0.15) is 0 Å². The van der Waals surface area contributed by atoms with Gasteiger partial charge in [0.25, 0.3) is 0 Å². The highest BCUT2D eigenvalue weighted by Crippen LogP contribution is 2.42. The summed E-state index contributed by atoms with van der Waals surface area (Å²) in [5.74, 6) is 1.15. The fraction of sp³-hybridized carbons (Fsp3) is 0.167. The number of allylic oxidation sites excluding steroid dienone is 1. The normalized spacial score (nSPS) is 12.9. The Bertz CT molecular complexity index is 819. The third-order valence-corrected chi connectivity index (χ3v) is 4.33. The first-order valence-electron chi connectivity index (χ1n) is 7.49. The van der Waals surface area contributed by atoms with Crippen LogP contribution < -0.4 is 19.5 Å². The van der Waals surface area contributed by atoms with E-state index in [1.165, 1.54) is 12.3 Å². The minimum Gasteiger partial charge on any atom is -0.497 e. The molecule has 1 N–H and O–H groups in total. The molecule has 2 aromatic rings. The molecule has 0 radical (unpaired) electrons. The molecule has 7 heteroatoms. The number of ketones is 1. The smallest absolute Gasteiger partial charge is 0.192 e. The molecule has 0 atom stereocenters. The minimum absolute atomic E-state index is 0.144. The molecule has 0 unspecified atom stereocenters. The second-order valence-electron chi connectivity index (χ2n) is 5.14. The zero-order valence-electron chi connectivity index (χ0n) is 13.3. The van der Waals surface area contributed by atoms with Gasteiger partial charge < -0.3 is 19.5 Å². The van der Waals surface area contributed by atoms with Crippen LogP contribution in [0.25, 0.3) is 0 Å². The molecule has 0 fully saturated rings. The van der Waals surface area contributed by atoms with Crippen LogP contribution in [0.3, 0.4) is 0 Å². The Labute approximate surface area is 155 Å². The Morgan fingerprint density at radius 3 is 2.64 bits per heavy atom. The Hall–Kier alpha value is -2.37. The molecular weight excluding hydrogens is 365 g/mol. The highest BCUT2D eigenvalue weighted by molar-refractivity contribution is 6.44. The molecule has 0 bridgehead atoms. The maximum Gasteiger partial charge on any atom is 0.192 e. The highest BCUT2D eigenvalue weighted by atomic mass is 35.5. The number of hydrogen-bond acceptors (Lipinski definition) is 5. The predicted molar refractivity (Wildman–Crippen MR) is 97.5 cm³/mol. The van der Waals surface area contributed by atoms with Gasteiger partial charge in [0.2, 0.25) is 0 Å². The van der Waals surface area contributed by atoms with Crippen LogP contribution in [-0.2, 0) is 0 Å². The number of carbonyl (C=O) groups excluding carboxylic acids is 1. The average molecular weight is 380 g/mol. The number of rotatable bonds is 5. The summed E-state index contributed by atoms with van der Waals surface area (Å²) >= 11 is 12.3. The van der Waals surface area contributed by atoms with E-state index in [0.29, 0.717) is 24.7 Å². The lowest BCUT2D eigenvalue weighted by Crippen LogP contribution is -2.18. The maximum atomic E-state index is 12.6. The Balaban J connectivity index is 1.79. The number of fused-ring (bicyclic) bond motifs is 1. The summed E-state index contributed by atoms with van der Waals surface area (Å²) in [4.78, 5) is 12.6. The summed E-state index contributed by atoms with van der Waals surface area (Å²) in [7, 11) is 1.60. The number of carbonyl (C=O) groups is 1. The van der Waals surface area contributed by atoms with E-state index in [-0.39, 0.29) is 21.4 Å². The molecule has 25 heavy (non-hydrogen) atoms. The third-order valence-electron chi connectivity index (χ3n) is 3.55. The van der Waals surface area contributed by atoms with Gasteiger partial charge in [-0.05, 0) is 24.3 Å². The van der Waals surface area contributed by atoms with Crippen LogP contribution in [0.15, 0.2) is 42.6 Å². The number of anilines is 1. The number of nitrogens with one attached hydrogen (secondary N) is 1. The summed E-state index contributed by atoms with van der Waals surface area (Å²) in [5, 5.41) is 3.39.